The summed E-state index contributed by atoms with van der Waals surface area (Å²) in [7, 11) is -1.89. The smallest absolute Gasteiger partial charge is 0.410 e. The van der Waals surface area contributed by atoms with Gasteiger partial charge in [-0.05, 0) is 48.7 Å². The van der Waals surface area contributed by atoms with Crippen molar-refractivity contribution in [2.45, 2.75) is 63.9 Å². The number of aromatic nitrogens is 1. The van der Waals surface area contributed by atoms with Crippen LogP contribution in [0.25, 0.3) is 0 Å². The Morgan fingerprint density at radius 2 is 2.04 bits per heavy atom. The van der Waals surface area contributed by atoms with E-state index in [0.717, 1.165) is 12.8 Å². The van der Waals surface area contributed by atoms with Crippen LogP contribution >= 0.6 is 0 Å². The van der Waals surface area contributed by atoms with Crippen LogP contribution < -0.4 is 0 Å². The van der Waals surface area contributed by atoms with E-state index in [1.807, 2.05) is 17.0 Å². The molecular weight excluding hydrogens is 344 g/mol. The van der Waals surface area contributed by atoms with Gasteiger partial charge in [0.25, 0.3) is 0 Å². The van der Waals surface area contributed by atoms with E-state index < -0.39 is 8.32 Å². The quantitative estimate of drug-likeness (QED) is 0.545. The van der Waals surface area contributed by atoms with Gasteiger partial charge in [-0.2, -0.15) is 0 Å². The third-order valence-corrected chi connectivity index (χ3v) is 9.96. The van der Waals surface area contributed by atoms with Crippen LogP contribution in [0.2, 0.25) is 18.1 Å². The van der Waals surface area contributed by atoms with Crippen molar-refractivity contribution in [1.29, 1.82) is 0 Å². The monoisotopic (exact) mass is 376 g/mol. The van der Waals surface area contributed by atoms with Gasteiger partial charge in [0.15, 0.2) is 8.32 Å². The molecule has 0 bridgehead atoms. The molecule has 0 unspecified atom stereocenters. The second-order valence-corrected chi connectivity index (χ2v) is 13.2. The van der Waals surface area contributed by atoms with Crippen molar-refractivity contribution in [3.05, 3.63) is 42.7 Å². The lowest BCUT2D eigenvalue weighted by molar-refractivity contribution is 0.103. The minimum absolute atomic E-state index is 0.0546. The fourth-order valence-electron chi connectivity index (χ4n) is 2.97. The van der Waals surface area contributed by atoms with Crippen molar-refractivity contribution in [3.63, 3.8) is 0 Å². The molecule has 6 heteroatoms. The van der Waals surface area contributed by atoms with E-state index in [9.17, 15) is 4.79 Å². The summed E-state index contributed by atoms with van der Waals surface area (Å²) < 4.78 is 11.9. The Balaban J connectivity index is 2.12. The summed E-state index contributed by atoms with van der Waals surface area (Å²) in [5, 5.41) is 0.143. The number of carbonyl (C=O) groups is 1. The minimum Gasteiger partial charge on any atom is -0.445 e. The predicted molar refractivity (Wildman–Crippen MR) is 107 cm³/mol. The maximum absolute atomic E-state index is 12.5. The Morgan fingerprint density at radius 3 is 2.62 bits per heavy atom. The average Bonchev–Trinajstić information content (AvgIpc) is 2.94. The molecule has 1 aliphatic rings. The average molecular weight is 377 g/mol. The number of likely N-dealkylation sites (tertiary alicyclic amines) is 1. The van der Waals surface area contributed by atoms with Gasteiger partial charge in [0.05, 0.1) is 6.10 Å². The van der Waals surface area contributed by atoms with E-state index in [4.69, 9.17) is 9.16 Å². The number of hydrogen-bond acceptors (Lipinski definition) is 4. The molecule has 2 heterocycles. The molecule has 144 valence electrons. The maximum atomic E-state index is 12.5. The van der Waals surface area contributed by atoms with Crippen LogP contribution in [-0.4, -0.2) is 49.6 Å². The molecule has 0 saturated carbocycles. The van der Waals surface area contributed by atoms with Crippen molar-refractivity contribution in [3.8, 4) is 0 Å². The van der Waals surface area contributed by atoms with Crippen LogP contribution in [0.15, 0.2) is 37.2 Å². The first-order valence-corrected chi connectivity index (χ1v) is 12.2. The highest BCUT2D eigenvalue weighted by molar-refractivity contribution is 6.74. The lowest BCUT2D eigenvalue weighted by atomic mass is 10.0. The van der Waals surface area contributed by atoms with E-state index in [2.05, 4.69) is 45.4 Å². The molecule has 2 rings (SSSR count). The number of carbonyl (C=O) groups excluding carboxylic acids is 1. The lowest BCUT2D eigenvalue weighted by Gasteiger charge is -2.38. The van der Waals surface area contributed by atoms with E-state index in [0.29, 0.717) is 6.54 Å². The molecule has 1 aromatic rings. The molecule has 5 nitrogen and oxygen atoms in total. The van der Waals surface area contributed by atoms with Gasteiger partial charge < -0.3 is 14.1 Å². The van der Waals surface area contributed by atoms with Crippen LogP contribution in [0.4, 0.5) is 4.79 Å². The highest BCUT2D eigenvalue weighted by atomic mass is 28.4. The molecule has 1 saturated heterocycles. The predicted octanol–water partition coefficient (Wildman–Crippen LogP) is 4.41. The van der Waals surface area contributed by atoms with Gasteiger partial charge in [-0.1, -0.05) is 33.4 Å². The number of hydrogen-bond donors (Lipinski definition) is 0. The Hall–Kier alpha value is -1.66. The Kier molecular flexibility index (Phi) is 6.63. The van der Waals surface area contributed by atoms with Crippen molar-refractivity contribution in [2.24, 2.45) is 0 Å². The molecule has 1 amide bonds. The number of rotatable bonds is 6. The summed E-state index contributed by atoms with van der Waals surface area (Å²) in [6, 6.07) is 4.06. The van der Waals surface area contributed by atoms with Crippen molar-refractivity contribution in [1.82, 2.24) is 9.88 Å². The molecule has 0 aliphatic carbocycles. The molecule has 1 fully saturated rings. The van der Waals surface area contributed by atoms with Gasteiger partial charge in [-0.25, -0.2) is 4.79 Å². The highest BCUT2D eigenvalue weighted by Crippen LogP contribution is 2.39. The summed E-state index contributed by atoms with van der Waals surface area (Å²) >= 11 is 0. The summed E-state index contributed by atoms with van der Waals surface area (Å²) in [6.07, 6.45) is 6.54. The van der Waals surface area contributed by atoms with Crippen LogP contribution in [0.5, 0.6) is 0 Å². The largest absolute Gasteiger partial charge is 0.445 e. The van der Waals surface area contributed by atoms with E-state index in [1.165, 1.54) is 5.56 Å². The second-order valence-electron chi connectivity index (χ2n) is 8.47. The summed E-state index contributed by atoms with van der Waals surface area (Å²) in [5.74, 6) is 0. The van der Waals surface area contributed by atoms with Gasteiger partial charge in [-0.15, -0.1) is 0 Å². The fourth-order valence-corrected chi connectivity index (χ4v) is 4.33. The molecule has 0 spiro atoms. The maximum Gasteiger partial charge on any atom is 0.410 e. The molecule has 0 N–H and O–H groups in total. The van der Waals surface area contributed by atoms with Gasteiger partial charge in [0.1, 0.15) is 6.61 Å². The van der Waals surface area contributed by atoms with Crippen LogP contribution in [0, 0.1) is 0 Å². The van der Waals surface area contributed by atoms with Gasteiger partial charge in [-0.3, -0.25) is 4.98 Å². The van der Waals surface area contributed by atoms with Crippen LogP contribution in [0.3, 0.4) is 0 Å². The number of amides is 1. The second kappa shape index (κ2) is 8.35. The summed E-state index contributed by atoms with van der Waals surface area (Å²) in [6.45, 7) is 15.6. The van der Waals surface area contributed by atoms with E-state index >= 15 is 0 Å². The van der Waals surface area contributed by atoms with Crippen LogP contribution in [-0.2, 0) is 15.6 Å². The third kappa shape index (κ3) is 5.17. The molecule has 1 aliphatic heterocycles. The first-order chi connectivity index (χ1) is 12.1. The zero-order chi connectivity index (χ0) is 19.4. The highest BCUT2D eigenvalue weighted by Gasteiger charge is 2.43. The first-order valence-electron chi connectivity index (χ1n) is 9.25. The standard InChI is InChI=1S/C20H32N2O3Si/c1-7-12-24-19(23)22-15-18(25-26(5,6)20(2,3)4)14-17(22)13-16-8-10-21-11-9-16/h7-11,17-18H,1,12-15H2,2-6H3/t17-,18-/m1/s1. The molecule has 26 heavy (non-hydrogen) atoms. The Bertz CT molecular complexity index is 613. The first kappa shape index (κ1) is 20.6. The third-order valence-electron chi connectivity index (χ3n) is 5.42. The van der Waals surface area contributed by atoms with Gasteiger partial charge in [0, 0.05) is 25.0 Å². The lowest BCUT2D eigenvalue weighted by Crippen LogP contribution is -2.44. The number of nitrogens with zero attached hydrogens (tertiary/aromatic N) is 2. The minimum atomic E-state index is -1.89. The number of ether oxygens (including phenoxy) is 1. The van der Waals surface area contributed by atoms with Crippen molar-refractivity contribution in [2.75, 3.05) is 13.2 Å². The number of pyridine rings is 1. The SMILES string of the molecule is C=CCOC(=O)N1C[C@H](O[Si](C)(C)C(C)(C)C)C[C@H]1Cc1ccncc1. The Morgan fingerprint density at radius 1 is 1.38 bits per heavy atom. The zero-order valence-electron chi connectivity index (χ0n) is 16.7. The normalized spacial score (nSPS) is 20.9. The molecule has 2 atom stereocenters. The summed E-state index contributed by atoms with van der Waals surface area (Å²) in [4.78, 5) is 18.4. The van der Waals surface area contributed by atoms with Crippen molar-refractivity contribution >= 4 is 14.4 Å². The van der Waals surface area contributed by atoms with Gasteiger partial charge in [0.2, 0.25) is 0 Å². The molecule has 1 aromatic heterocycles. The van der Waals surface area contributed by atoms with Crippen LogP contribution in [0.1, 0.15) is 32.8 Å². The van der Waals surface area contributed by atoms with E-state index in [1.54, 1.807) is 18.5 Å². The fraction of sp³-hybridized carbons (Fsp3) is 0.600. The van der Waals surface area contributed by atoms with E-state index in [-0.39, 0.29) is 29.9 Å². The Labute approximate surface area is 158 Å². The van der Waals surface area contributed by atoms with Gasteiger partial charge >= 0.3 is 6.09 Å². The molecule has 0 radical (unpaired) electrons. The summed E-state index contributed by atoms with van der Waals surface area (Å²) in [5.41, 5.74) is 1.17. The molecule has 0 aromatic carbocycles. The topological polar surface area (TPSA) is 51.7 Å². The zero-order valence-corrected chi connectivity index (χ0v) is 17.7. The molecular formula is C20H32N2O3Si. The van der Waals surface area contributed by atoms with Crippen molar-refractivity contribution < 1.29 is 14.0 Å².